The Morgan fingerprint density at radius 1 is 1.00 bits per heavy atom. The minimum atomic E-state index is -4.71. The molecule has 7 nitrogen and oxygen atoms in total. The van der Waals surface area contributed by atoms with Crippen LogP contribution in [0.15, 0.2) is 54.7 Å². The molecule has 3 amide bonds. The molecular formula is C21H16Cl2F4N4O3. The number of hydrogen-bond donors (Lipinski definition) is 3. The Bertz CT molecular complexity index is 1210. The molecule has 34 heavy (non-hydrogen) atoms. The Balaban J connectivity index is 0.00000408. The molecule has 0 aliphatic heterocycles. The first kappa shape index (κ1) is 26.7. The molecule has 180 valence electrons. The zero-order valence-electron chi connectivity index (χ0n) is 17.2. The highest BCUT2D eigenvalue weighted by atomic mass is 35.5. The van der Waals surface area contributed by atoms with Crippen LogP contribution >= 0.6 is 24.0 Å². The van der Waals surface area contributed by atoms with Gasteiger partial charge in [0.25, 0.3) is 5.91 Å². The molecule has 0 aliphatic carbocycles. The summed E-state index contributed by atoms with van der Waals surface area (Å²) in [5.41, 5.74) is -1.45. The maximum atomic E-state index is 14.4. The second-order valence-electron chi connectivity index (χ2n) is 6.47. The van der Waals surface area contributed by atoms with Gasteiger partial charge in [0.05, 0.1) is 16.3 Å². The second kappa shape index (κ2) is 11.0. The van der Waals surface area contributed by atoms with Crippen LogP contribution in [-0.4, -0.2) is 24.0 Å². The van der Waals surface area contributed by atoms with Gasteiger partial charge in [0.15, 0.2) is 0 Å². The summed E-state index contributed by atoms with van der Waals surface area (Å²) in [5, 5.41) is 6.27. The largest absolute Gasteiger partial charge is 0.457 e. The third-order valence-electron chi connectivity index (χ3n) is 4.15. The lowest BCUT2D eigenvalue weighted by Gasteiger charge is -2.13. The van der Waals surface area contributed by atoms with E-state index in [1.54, 1.807) is 0 Å². The Kier molecular flexibility index (Phi) is 8.66. The predicted octanol–water partition coefficient (Wildman–Crippen LogP) is 6.11. The molecule has 3 N–H and O–H groups in total. The molecular weight excluding hydrogens is 503 g/mol. The first-order valence-electron chi connectivity index (χ1n) is 9.17. The number of urea groups is 1. The monoisotopic (exact) mass is 518 g/mol. The summed E-state index contributed by atoms with van der Waals surface area (Å²) in [6.07, 6.45) is -3.36. The standard InChI is InChI=1S/C21H15ClF4N4O3.ClH/c1-27-19(31)18-10-13(6-7-28-18)33-12-3-5-17(16(23)9-12)30-20(32)29-11-2-4-15(22)14(8-11)21(24,25)26;/h2-10H,1H3,(H,27,31)(H2,29,30,32);1H. The van der Waals surface area contributed by atoms with Crippen molar-refractivity contribution in [3.8, 4) is 11.5 Å². The van der Waals surface area contributed by atoms with Crippen molar-refractivity contribution in [3.63, 3.8) is 0 Å². The number of carbonyl (C=O) groups is 2. The summed E-state index contributed by atoms with van der Waals surface area (Å²) in [6, 6.07) is 8.21. The number of aromatic nitrogens is 1. The number of hydrogen-bond acceptors (Lipinski definition) is 4. The van der Waals surface area contributed by atoms with Crippen LogP contribution in [-0.2, 0) is 6.18 Å². The van der Waals surface area contributed by atoms with Gasteiger partial charge in [-0.25, -0.2) is 9.18 Å². The molecule has 0 radical (unpaired) electrons. The van der Waals surface area contributed by atoms with Crippen molar-refractivity contribution < 1.29 is 31.9 Å². The molecule has 13 heteroatoms. The van der Waals surface area contributed by atoms with Crippen molar-refractivity contribution in [1.29, 1.82) is 0 Å². The number of halogens is 6. The lowest BCUT2D eigenvalue weighted by atomic mass is 10.2. The molecule has 2 aromatic carbocycles. The third-order valence-corrected chi connectivity index (χ3v) is 4.47. The number of amides is 3. The van der Waals surface area contributed by atoms with Crippen LogP contribution in [0.1, 0.15) is 16.1 Å². The number of carbonyl (C=O) groups excluding carboxylic acids is 2. The van der Waals surface area contributed by atoms with E-state index in [4.69, 9.17) is 16.3 Å². The average molecular weight is 519 g/mol. The van der Waals surface area contributed by atoms with Crippen LogP contribution < -0.4 is 20.7 Å². The first-order valence-corrected chi connectivity index (χ1v) is 9.55. The Morgan fingerprint density at radius 3 is 2.35 bits per heavy atom. The van der Waals surface area contributed by atoms with Crippen molar-refractivity contribution in [2.75, 3.05) is 17.7 Å². The van der Waals surface area contributed by atoms with Crippen LogP contribution in [0.2, 0.25) is 5.02 Å². The number of anilines is 2. The minimum Gasteiger partial charge on any atom is -0.457 e. The average Bonchev–Trinajstić information content (AvgIpc) is 2.76. The van der Waals surface area contributed by atoms with Crippen molar-refractivity contribution in [2.24, 2.45) is 0 Å². The lowest BCUT2D eigenvalue weighted by Crippen LogP contribution is -2.20. The third kappa shape index (κ3) is 6.72. The maximum Gasteiger partial charge on any atom is 0.417 e. The SMILES string of the molecule is CNC(=O)c1cc(Oc2ccc(NC(=O)Nc3ccc(Cl)c(C(F)(F)F)c3)c(F)c2)ccn1.Cl. The molecule has 1 heterocycles. The summed E-state index contributed by atoms with van der Waals surface area (Å²) >= 11 is 5.54. The summed E-state index contributed by atoms with van der Waals surface area (Å²) in [4.78, 5) is 27.6. The number of rotatable bonds is 5. The van der Waals surface area contributed by atoms with Crippen molar-refractivity contribution in [3.05, 3.63) is 76.8 Å². The zero-order valence-corrected chi connectivity index (χ0v) is 18.7. The molecule has 0 saturated carbocycles. The van der Waals surface area contributed by atoms with Gasteiger partial charge in [-0.15, -0.1) is 12.4 Å². The molecule has 0 aliphatic rings. The fraction of sp³-hybridized carbons (Fsp3) is 0.0952. The quantitative estimate of drug-likeness (QED) is 0.355. The van der Waals surface area contributed by atoms with Crippen LogP contribution in [0.5, 0.6) is 11.5 Å². The van der Waals surface area contributed by atoms with E-state index in [0.717, 1.165) is 12.1 Å². The van der Waals surface area contributed by atoms with Gasteiger partial charge < -0.3 is 20.7 Å². The van der Waals surface area contributed by atoms with Crippen molar-refractivity contribution in [2.45, 2.75) is 6.18 Å². The number of ether oxygens (including phenoxy) is 1. The van der Waals surface area contributed by atoms with Crippen LogP contribution in [0.25, 0.3) is 0 Å². The smallest absolute Gasteiger partial charge is 0.417 e. The van der Waals surface area contributed by atoms with Gasteiger partial charge in [-0.05, 0) is 36.4 Å². The fourth-order valence-electron chi connectivity index (χ4n) is 2.63. The Labute approximate surface area is 201 Å². The van der Waals surface area contributed by atoms with Gasteiger partial charge in [0.2, 0.25) is 0 Å². The van der Waals surface area contributed by atoms with E-state index in [0.29, 0.717) is 6.07 Å². The molecule has 0 spiro atoms. The van der Waals surface area contributed by atoms with Crippen LogP contribution in [0.4, 0.5) is 33.7 Å². The Morgan fingerprint density at radius 2 is 1.71 bits per heavy atom. The minimum absolute atomic E-state index is 0. The van der Waals surface area contributed by atoms with Crippen LogP contribution in [0.3, 0.4) is 0 Å². The van der Waals surface area contributed by atoms with Gasteiger partial charge in [-0.2, -0.15) is 13.2 Å². The van der Waals surface area contributed by atoms with E-state index in [-0.39, 0.29) is 41.0 Å². The highest BCUT2D eigenvalue weighted by Crippen LogP contribution is 2.36. The van der Waals surface area contributed by atoms with Gasteiger partial charge >= 0.3 is 12.2 Å². The molecule has 0 unspecified atom stereocenters. The van der Waals surface area contributed by atoms with E-state index >= 15 is 0 Å². The summed E-state index contributed by atoms with van der Waals surface area (Å²) in [6.45, 7) is 0. The summed E-state index contributed by atoms with van der Waals surface area (Å²) < 4.78 is 58.7. The molecule has 3 rings (SSSR count). The number of benzene rings is 2. The molecule has 0 bridgehead atoms. The van der Waals surface area contributed by atoms with Gasteiger partial charge in [-0.1, -0.05) is 11.6 Å². The maximum absolute atomic E-state index is 14.4. The number of nitrogens with one attached hydrogen (secondary N) is 3. The van der Waals surface area contributed by atoms with Crippen molar-refractivity contribution >= 4 is 47.3 Å². The number of alkyl halides is 3. The molecule has 1 aromatic heterocycles. The summed E-state index contributed by atoms with van der Waals surface area (Å²) in [5.74, 6) is -1.000. The highest BCUT2D eigenvalue weighted by Gasteiger charge is 2.33. The molecule has 0 atom stereocenters. The van der Waals surface area contributed by atoms with E-state index in [1.807, 2.05) is 0 Å². The van der Waals surface area contributed by atoms with Gasteiger partial charge in [0.1, 0.15) is 23.0 Å². The van der Waals surface area contributed by atoms with E-state index in [1.165, 1.54) is 43.6 Å². The molecule has 3 aromatic rings. The highest BCUT2D eigenvalue weighted by molar-refractivity contribution is 6.31. The molecule has 0 saturated heterocycles. The second-order valence-corrected chi connectivity index (χ2v) is 6.88. The zero-order chi connectivity index (χ0) is 24.2. The fourth-order valence-corrected chi connectivity index (χ4v) is 2.85. The number of pyridine rings is 1. The normalized spacial score (nSPS) is 10.6. The lowest BCUT2D eigenvalue weighted by molar-refractivity contribution is -0.137. The van der Waals surface area contributed by atoms with E-state index in [9.17, 15) is 27.2 Å². The topological polar surface area (TPSA) is 92.4 Å². The molecule has 0 fully saturated rings. The van der Waals surface area contributed by atoms with Gasteiger partial charge in [0, 0.05) is 31.1 Å². The Hall–Kier alpha value is -3.57. The number of nitrogens with zero attached hydrogens (tertiary/aromatic N) is 1. The summed E-state index contributed by atoms with van der Waals surface area (Å²) in [7, 11) is 1.44. The van der Waals surface area contributed by atoms with Crippen molar-refractivity contribution in [1.82, 2.24) is 10.3 Å². The van der Waals surface area contributed by atoms with Crippen LogP contribution in [0, 0.1) is 5.82 Å². The van der Waals surface area contributed by atoms with E-state index < -0.39 is 34.5 Å². The predicted molar refractivity (Wildman–Crippen MR) is 120 cm³/mol. The van der Waals surface area contributed by atoms with Gasteiger partial charge in [-0.3, -0.25) is 9.78 Å². The van der Waals surface area contributed by atoms with E-state index in [2.05, 4.69) is 20.9 Å². The first-order chi connectivity index (χ1) is 15.6.